The van der Waals surface area contributed by atoms with Gasteiger partial charge in [-0.1, -0.05) is 23.4 Å². The van der Waals surface area contributed by atoms with E-state index in [0.29, 0.717) is 5.92 Å². The Bertz CT molecular complexity index is 658. The first-order valence-corrected chi connectivity index (χ1v) is 8.36. The third-order valence-electron chi connectivity index (χ3n) is 4.76. The molecule has 0 saturated carbocycles. The Hall–Kier alpha value is -1.85. The molecule has 2 aliphatic rings. The summed E-state index contributed by atoms with van der Waals surface area (Å²) in [6.45, 7) is 8.69. The van der Waals surface area contributed by atoms with Gasteiger partial charge in [0.15, 0.2) is 0 Å². The second-order valence-corrected chi connectivity index (χ2v) is 6.48. The molecule has 0 amide bonds. The average Bonchev–Trinajstić information content (AvgIpc) is 2.97. The molecule has 0 aliphatic carbocycles. The molecule has 0 N–H and O–H groups in total. The van der Waals surface area contributed by atoms with Crippen molar-refractivity contribution in [2.45, 2.75) is 19.4 Å². The van der Waals surface area contributed by atoms with Crippen LogP contribution in [0.25, 0.3) is 0 Å². The maximum absolute atomic E-state index is 5.47. The van der Waals surface area contributed by atoms with E-state index in [2.05, 4.69) is 45.3 Å². The van der Waals surface area contributed by atoms with E-state index < -0.39 is 0 Å². The Balaban J connectivity index is 1.40. The van der Waals surface area contributed by atoms with Gasteiger partial charge in [-0.05, 0) is 18.6 Å². The smallest absolute Gasteiger partial charge is 0.133 e. The van der Waals surface area contributed by atoms with Gasteiger partial charge in [0, 0.05) is 50.4 Å². The van der Waals surface area contributed by atoms with Gasteiger partial charge in [0.1, 0.15) is 5.76 Å². The van der Waals surface area contributed by atoms with Gasteiger partial charge in [-0.15, -0.1) is 0 Å². The first-order valence-electron chi connectivity index (χ1n) is 8.36. The normalized spacial score (nSPS) is 19.8. The number of rotatable bonds is 4. The lowest BCUT2D eigenvalue weighted by Gasteiger charge is -2.39. The zero-order valence-corrected chi connectivity index (χ0v) is 13.6. The van der Waals surface area contributed by atoms with Crippen molar-refractivity contribution >= 4 is 5.69 Å². The second-order valence-electron chi connectivity index (χ2n) is 6.48. The molecule has 2 aliphatic heterocycles. The van der Waals surface area contributed by atoms with Crippen molar-refractivity contribution in [3.63, 3.8) is 0 Å². The van der Waals surface area contributed by atoms with Crippen LogP contribution in [-0.2, 0) is 11.3 Å². The van der Waals surface area contributed by atoms with Gasteiger partial charge in [-0.25, -0.2) is 0 Å². The highest BCUT2D eigenvalue weighted by Gasteiger charge is 2.31. The van der Waals surface area contributed by atoms with E-state index in [1.165, 1.54) is 11.3 Å². The summed E-state index contributed by atoms with van der Waals surface area (Å²) in [7, 11) is 0. The first-order chi connectivity index (χ1) is 11.3. The number of para-hydroxylation sites is 1. The number of aryl methyl sites for hydroxylation is 1. The lowest BCUT2D eigenvalue weighted by atomic mass is 9.95. The molecule has 0 unspecified atom stereocenters. The van der Waals surface area contributed by atoms with Crippen molar-refractivity contribution in [1.82, 2.24) is 10.1 Å². The number of morpholine rings is 1. The number of aromatic nitrogens is 1. The van der Waals surface area contributed by atoms with E-state index in [1.807, 2.05) is 6.92 Å². The second kappa shape index (κ2) is 6.34. The molecule has 5 heteroatoms. The number of anilines is 1. The number of benzene rings is 1. The van der Waals surface area contributed by atoms with Gasteiger partial charge in [-0.2, -0.15) is 0 Å². The topological polar surface area (TPSA) is 41.7 Å². The number of ether oxygens (including phenoxy) is 1. The summed E-state index contributed by atoms with van der Waals surface area (Å²) in [5, 5.41) is 4.15. The zero-order chi connectivity index (χ0) is 15.6. The molecular formula is C18H23N3O2. The van der Waals surface area contributed by atoms with Crippen molar-refractivity contribution in [1.29, 1.82) is 0 Å². The third kappa shape index (κ3) is 3.12. The van der Waals surface area contributed by atoms with Crippen molar-refractivity contribution in [2.24, 2.45) is 0 Å². The van der Waals surface area contributed by atoms with Gasteiger partial charge < -0.3 is 14.2 Å². The SMILES string of the molecule is Cc1cc(C2CN(Cc3ccccc3N3CCOCC3)C2)no1. The average molecular weight is 313 g/mol. The maximum atomic E-state index is 5.47. The predicted molar refractivity (Wildman–Crippen MR) is 88.7 cm³/mol. The van der Waals surface area contributed by atoms with Gasteiger partial charge in [0.05, 0.1) is 18.9 Å². The van der Waals surface area contributed by atoms with Crippen molar-refractivity contribution in [3.05, 3.63) is 47.3 Å². The molecule has 2 fully saturated rings. The largest absolute Gasteiger partial charge is 0.378 e. The van der Waals surface area contributed by atoms with Crippen LogP contribution < -0.4 is 4.90 Å². The Morgan fingerprint density at radius 1 is 1.17 bits per heavy atom. The summed E-state index contributed by atoms with van der Waals surface area (Å²) in [5.41, 5.74) is 3.86. The molecule has 0 radical (unpaired) electrons. The van der Waals surface area contributed by atoms with E-state index in [0.717, 1.165) is 57.4 Å². The number of hydrogen-bond acceptors (Lipinski definition) is 5. The van der Waals surface area contributed by atoms with Crippen LogP contribution in [-0.4, -0.2) is 49.4 Å². The van der Waals surface area contributed by atoms with Gasteiger partial charge in [0.2, 0.25) is 0 Å². The molecule has 1 aromatic heterocycles. The fourth-order valence-corrected chi connectivity index (χ4v) is 3.46. The molecule has 2 aromatic rings. The highest BCUT2D eigenvalue weighted by molar-refractivity contribution is 5.54. The molecule has 0 spiro atoms. The highest BCUT2D eigenvalue weighted by atomic mass is 16.5. The fourth-order valence-electron chi connectivity index (χ4n) is 3.46. The van der Waals surface area contributed by atoms with Gasteiger partial charge in [0.25, 0.3) is 0 Å². The highest BCUT2D eigenvalue weighted by Crippen LogP contribution is 2.30. The minimum Gasteiger partial charge on any atom is -0.378 e. The quantitative estimate of drug-likeness (QED) is 0.867. The third-order valence-corrected chi connectivity index (χ3v) is 4.76. The van der Waals surface area contributed by atoms with Crippen LogP contribution in [0.15, 0.2) is 34.9 Å². The molecule has 4 rings (SSSR count). The zero-order valence-electron chi connectivity index (χ0n) is 13.6. The Labute approximate surface area is 136 Å². The number of nitrogens with zero attached hydrogens (tertiary/aromatic N) is 3. The van der Waals surface area contributed by atoms with Crippen LogP contribution in [0.5, 0.6) is 0 Å². The van der Waals surface area contributed by atoms with Crippen LogP contribution in [0.2, 0.25) is 0 Å². The Morgan fingerprint density at radius 2 is 1.96 bits per heavy atom. The minimum atomic E-state index is 0.517. The molecule has 122 valence electrons. The van der Waals surface area contributed by atoms with Crippen LogP contribution in [0.4, 0.5) is 5.69 Å². The van der Waals surface area contributed by atoms with E-state index in [4.69, 9.17) is 9.26 Å². The number of hydrogen-bond donors (Lipinski definition) is 0. The summed E-state index contributed by atoms with van der Waals surface area (Å²) in [6.07, 6.45) is 0. The summed E-state index contributed by atoms with van der Waals surface area (Å²) < 4.78 is 10.7. The van der Waals surface area contributed by atoms with E-state index in [9.17, 15) is 0 Å². The predicted octanol–water partition coefficient (Wildman–Crippen LogP) is 2.42. The van der Waals surface area contributed by atoms with Gasteiger partial charge >= 0.3 is 0 Å². The molecule has 3 heterocycles. The maximum Gasteiger partial charge on any atom is 0.133 e. The Kier molecular flexibility index (Phi) is 4.06. The molecule has 23 heavy (non-hydrogen) atoms. The summed E-state index contributed by atoms with van der Waals surface area (Å²) in [6, 6.07) is 10.8. The van der Waals surface area contributed by atoms with E-state index in [-0.39, 0.29) is 0 Å². The summed E-state index contributed by atoms with van der Waals surface area (Å²) >= 11 is 0. The van der Waals surface area contributed by atoms with Crippen LogP contribution in [0.1, 0.15) is 22.9 Å². The first kappa shape index (κ1) is 14.7. The van der Waals surface area contributed by atoms with Gasteiger partial charge in [-0.3, -0.25) is 4.90 Å². The van der Waals surface area contributed by atoms with Crippen molar-refractivity contribution in [2.75, 3.05) is 44.3 Å². The monoisotopic (exact) mass is 313 g/mol. The molecular weight excluding hydrogens is 290 g/mol. The van der Waals surface area contributed by atoms with E-state index in [1.54, 1.807) is 0 Å². The molecule has 2 saturated heterocycles. The summed E-state index contributed by atoms with van der Waals surface area (Å²) in [5.74, 6) is 1.42. The molecule has 0 bridgehead atoms. The molecule has 0 atom stereocenters. The Morgan fingerprint density at radius 3 is 2.70 bits per heavy atom. The standard InChI is InChI=1S/C18H23N3O2/c1-14-10-17(19-23-14)16-12-20(13-16)11-15-4-2-3-5-18(15)21-6-8-22-9-7-21/h2-5,10,16H,6-9,11-13H2,1H3. The van der Waals surface area contributed by atoms with Crippen LogP contribution in [0.3, 0.4) is 0 Å². The lowest BCUT2D eigenvalue weighted by Crippen LogP contribution is -2.45. The minimum absolute atomic E-state index is 0.517. The van der Waals surface area contributed by atoms with Crippen LogP contribution >= 0.6 is 0 Å². The van der Waals surface area contributed by atoms with E-state index >= 15 is 0 Å². The van der Waals surface area contributed by atoms with Crippen LogP contribution in [0, 0.1) is 6.92 Å². The molecule has 5 nitrogen and oxygen atoms in total. The summed E-state index contributed by atoms with van der Waals surface area (Å²) in [4.78, 5) is 4.92. The van der Waals surface area contributed by atoms with Crippen molar-refractivity contribution < 1.29 is 9.26 Å². The fraction of sp³-hybridized carbons (Fsp3) is 0.500. The number of likely N-dealkylation sites (tertiary alicyclic amines) is 1. The lowest BCUT2D eigenvalue weighted by molar-refractivity contribution is 0.121. The van der Waals surface area contributed by atoms with Crippen molar-refractivity contribution in [3.8, 4) is 0 Å². The molecule has 1 aromatic carbocycles.